The Hall–Kier alpha value is -2.58. The van der Waals surface area contributed by atoms with E-state index in [1.54, 1.807) is 12.1 Å². The van der Waals surface area contributed by atoms with Crippen molar-refractivity contribution in [2.45, 2.75) is 18.8 Å². The molecule has 0 saturated heterocycles. The summed E-state index contributed by atoms with van der Waals surface area (Å²) in [6.07, 6.45) is -5.28. The number of aliphatic hydroxyl groups is 1. The predicted octanol–water partition coefficient (Wildman–Crippen LogP) is 2.93. The fourth-order valence-corrected chi connectivity index (χ4v) is 2.19. The Balaban J connectivity index is 1.74. The highest BCUT2D eigenvalue weighted by Gasteiger charge is 2.30. The average molecular weight is 369 g/mol. The summed E-state index contributed by atoms with van der Waals surface area (Å²) in [6.45, 7) is 0.448. The van der Waals surface area contributed by atoms with E-state index in [0.717, 1.165) is 17.7 Å². The first-order valence-electron chi connectivity index (χ1n) is 7.77. The Kier molecular flexibility index (Phi) is 6.59. The van der Waals surface area contributed by atoms with Crippen LogP contribution in [-0.2, 0) is 12.7 Å². The number of carboxylic acid groups (broad SMARTS) is 1. The summed E-state index contributed by atoms with van der Waals surface area (Å²) in [5.41, 5.74) is 0.159. The largest absolute Gasteiger partial charge is 0.491 e. The number of carboxylic acids is 1. The van der Waals surface area contributed by atoms with Crippen molar-refractivity contribution < 1.29 is 32.9 Å². The smallest absolute Gasteiger partial charge is 0.416 e. The molecule has 0 saturated carbocycles. The zero-order valence-corrected chi connectivity index (χ0v) is 13.7. The fraction of sp³-hybridized carbons (Fsp3) is 0.278. The number of alkyl halides is 3. The lowest BCUT2D eigenvalue weighted by molar-refractivity contribution is -0.137. The third kappa shape index (κ3) is 6.05. The average Bonchev–Trinajstić information content (AvgIpc) is 2.60. The van der Waals surface area contributed by atoms with Crippen LogP contribution in [0.25, 0.3) is 0 Å². The van der Waals surface area contributed by atoms with Gasteiger partial charge in [-0.15, -0.1) is 0 Å². The Morgan fingerprint density at radius 3 is 2.46 bits per heavy atom. The first kappa shape index (κ1) is 19.7. The molecule has 2 aromatic rings. The molecule has 0 bridgehead atoms. The summed E-state index contributed by atoms with van der Waals surface area (Å²) in [6, 6.07) is 10.6. The topological polar surface area (TPSA) is 78.8 Å². The highest BCUT2D eigenvalue weighted by molar-refractivity contribution is 5.87. The first-order valence-corrected chi connectivity index (χ1v) is 7.77. The van der Waals surface area contributed by atoms with E-state index in [4.69, 9.17) is 9.84 Å². The number of ether oxygens (including phenoxy) is 1. The minimum atomic E-state index is -4.40. The minimum Gasteiger partial charge on any atom is -0.491 e. The van der Waals surface area contributed by atoms with Gasteiger partial charge in [0.2, 0.25) is 0 Å². The molecule has 0 aromatic heterocycles. The Morgan fingerprint density at radius 1 is 1.15 bits per heavy atom. The molecule has 140 valence electrons. The van der Waals surface area contributed by atoms with Crippen LogP contribution in [0.3, 0.4) is 0 Å². The zero-order valence-electron chi connectivity index (χ0n) is 13.7. The number of benzene rings is 2. The summed E-state index contributed by atoms with van der Waals surface area (Å²) in [5.74, 6) is -0.789. The molecule has 1 unspecified atom stereocenters. The van der Waals surface area contributed by atoms with Crippen molar-refractivity contribution in [1.29, 1.82) is 0 Å². The molecule has 0 heterocycles. The molecule has 0 spiro atoms. The molecular weight excluding hydrogens is 351 g/mol. The van der Waals surface area contributed by atoms with Crippen molar-refractivity contribution in [2.75, 3.05) is 13.2 Å². The van der Waals surface area contributed by atoms with E-state index in [1.807, 2.05) is 0 Å². The maximum Gasteiger partial charge on any atom is 0.416 e. The van der Waals surface area contributed by atoms with Gasteiger partial charge in [0.05, 0.1) is 11.1 Å². The molecule has 2 rings (SSSR count). The molecule has 2 aromatic carbocycles. The van der Waals surface area contributed by atoms with Gasteiger partial charge in [0, 0.05) is 13.1 Å². The van der Waals surface area contributed by atoms with Crippen molar-refractivity contribution in [3.8, 4) is 5.75 Å². The Morgan fingerprint density at radius 2 is 1.85 bits per heavy atom. The molecular formula is C18H18F3NO4. The van der Waals surface area contributed by atoms with Crippen LogP contribution in [-0.4, -0.2) is 35.4 Å². The molecule has 3 N–H and O–H groups in total. The first-order chi connectivity index (χ1) is 12.3. The molecule has 8 heteroatoms. The van der Waals surface area contributed by atoms with Gasteiger partial charge in [0.25, 0.3) is 0 Å². The van der Waals surface area contributed by atoms with Crippen LogP contribution in [0.15, 0.2) is 48.5 Å². The van der Waals surface area contributed by atoms with Gasteiger partial charge in [-0.2, -0.15) is 13.2 Å². The van der Waals surface area contributed by atoms with Gasteiger partial charge in [-0.3, -0.25) is 0 Å². The van der Waals surface area contributed by atoms with Crippen LogP contribution in [0.5, 0.6) is 5.75 Å². The molecule has 0 aliphatic heterocycles. The number of hydrogen-bond acceptors (Lipinski definition) is 4. The predicted molar refractivity (Wildman–Crippen MR) is 88.1 cm³/mol. The molecule has 0 radical (unpaired) electrons. The molecule has 0 aliphatic carbocycles. The minimum absolute atomic E-state index is 0.0898. The molecule has 5 nitrogen and oxygen atoms in total. The van der Waals surface area contributed by atoms with E-state index in [1.165, 1.54) is 24.3 Å². The van der Waals surface area contributed by atoms with Crippen molar-refractivity contribution in [2.24, 2.45) is 0 Å². The third-order valence-corrected chi connectivity index (χ3v) is 3.51. The SMILES string of the molecule is O=C(O)c1cccc(CNCC(O)COc2ccc(C(F)(F)F)cc2)c1. The van der Waals surface area contributed by atoms with E-state index < -0.39 is 23.8 Å². The summed E-state index contributed by atoms with van der Waals surface area (Å²) in [5, 5.41) is 21.7. The standard InChI is InChI=1S/C18H18F3NO4/c19-18(20,21)14-4-6-16(7-5-14)26-11-15(23)10-22-9-12-2-1-3-13(8-12)17(24)25/h1-8,15,22-23H,9-11H2,(H,24,25). The van der Waals surface area contributed by atoms with Crippen molar-refractivity contribution >= 4 is 5.97 Å². The number of nitrogens with one attached hydrogen (secondary N) is 1. The number of halogens is 3. The van der Waals surface area contributed by atoms with E-state index in [0.29, 0.717) is 6.54 Å². The lowest BCUT2D eigenvalue weighted by atomic mass is 10.1. The van der Waals surface area contributed by atoms with E-state index >= 15 is 0 Å². The van der Waals surface area contributed by atoms with Crippen LogP contribution in [0.1, 0.15) is 21.5 Å². The van der Waals surface area contributed by atoms with Crippen LogP contribution < -0.4 is 10.1 Å². The second-order valence-corrected chi connectivity index (χ2v) is 5.62. The molecule has 1 atom stereocenters. The van der Waals surface area contributed by atoms with Gasteiger partial charge in [-0.25, -0.2) is 4.79 Å². The van der Waals surface area contributed by atoms with Gasteiger partial charge >= 0.3 is 12.1 Å². The Bertz CT molecular complexity index is 732. The van der Waals surface area contributed by atoms with Gasteiger partial charge in [0.15, 0.2) is 0 Å². The van der Waals surface area contributed by atoms with Gasteiger partial charge < -0.3 is 20.3 Å². The second kappa shape index (κ2) is 8.68. The normalized spacial score (nSPS) is 12.6. The maximum atomic E-state index is 12.5. The van der Waals surface area contributed by atoms with E-state index in [9.17, 15) is 23.1 Å². The number of aliphatic hydroxyl groups excluding tert-OH is 1. The lowest BCUT2D eigenvalue weighted by Crippen LogP contribution is -2.31. The fourth-order valence-electron chi connectivity index (χ4n) is 2.19. The number of hydrogen-bond donors (Lipinski definition) is 3. The van der Waals surface area contributed by atoms with Crippen LogP contribution in [0.2, 0.25) is 0 Å². The van der Waals surface area contributed by atoms with Crippen LogP contribution >= 0.6 is 0 Å². The van der Waals surface area contributed by atoms with Crippen molar-refractivity contribution in [3.63, 3.8) is 0 Å². The summed E-state index contributed by atoms with van der Waals surface area (Å²) < 4.78 is 42.6. The highest BCUT2D eigenvalue weighted by atomic mass is 19.4. The van der Waals surface area contributed by atoms with Gasteiger partial charge in [-0.05, 0) is 42.0 Å². The molecule has 0 aliphatic rings. The summed E-state index contributed by atoms with van der Waals surface area (Å²) in [4.78, 5) is 10.9. The maximum absolute atomic E-state index is 12.5. The highest BCUT2D eigenvalue weighted by Crippen LogP contribution is 2.30. The van der Waals surface area contributed by atoms with Crippen molar-refractivity contribution in [3.05, 3.63) is 65.2 Å². The zero-order chi connectivity index (χ0) is 19.2. The molecule has 0 fully saturated rings. The second-order valence-electron chi connectivity index (χ2n) is 5.62. The van der Waals surface area contributed by atoms with E-state index in [2.05, 4.69) is 5.32 Å². The Labute approximate surface area is 148 Å². The van der Waals surface area contributed by atoms with E-state index in [-0.39, 0.29) is 24.5 Å². The summed E-state index contributed by atoms with van der Waals surface area (Å²) >= 11 is 0. The molecule has 26 heavy (non-hydrogen) atoms. The van der Waals surface area contributed by atoms with Gasteiger partial charge in [-0.1, -0.05) is 12.1 Å². The number of rotatable bonds is 8. The van der Waals surface area contributed by atoms with Crippen LogP contribution in [0, 0.1) is 0 Å². The number of aromatic carboxylic acids is 1. The van der Waals surface area contributed by atoms with Gasteiger partial charge in [0.1, 0.15) is 18.5 Å². The number of carbonyl (C=O) groups is 1. The summed E-state index contributed by atoms with van der Waals surface area (Å²) in [7, 11) is 0. The van der Waals surface area contributed by atoms with Crippen molar-refractivity contribution in [1.82, 2.24) is 5.32 Å². The monoisotopic (exact) mass is 369 g/mol. The molecule has 0 amide bonds. The van der Waals surface area contributed by atoms with Crippen LogP contribution in [0.4, 0.5) is 13.2 Å². The quantitative estimate of drug-likeness (QED) is 0.667. The lowest BCUT2D eigenvalue weighted by Gasteiger charge is -2.14. The third-order valence-electron chi connectivity index (χ3n) is 3.51.